The molecule has 0 bridgehead atoms. The third kappa shape index (κ3) is 3.26. The van der Waals surface area contributed by atoms with E-state index in [0.29, 0.717) is 16.6 Å². The Morgan fingerprint density at radius 1 is 1.28 bits per heavy atom. The largest absolute Gasteiger partial charge is 0.325 e. The fraction of sp³-hybridized carbons (Fsp3) is 0.533. The average molecular weight is 266 g/mol. The van der Waals surface area contributed by atoms with Gasteiger partial charge in [-0.25, -0.2) is 0 Å². The number of halogens is 1. The van der Waals surface area contributed by atoms with Crippen LogP contribution in [0.3, 0.4) is 0 Å². The highest BCUT2D eigenvalue weighted by atomic mass is 35.5. The molecule has 1 aromatic rings. The third-order valence-electron chi connectivity index (χ3n) is 3.90. The van der Waals surface area contributed by atoms with Gasteiger partial charge in [0.2, 0.25) is 5.91 Å². The Hall–Kier alpha value is -1.02. The van der Waals surface area contributed by atoms with Gasteiger partial charge in [-0.2, -0.15) is 0 Å². The lowest BCUT2D eigenvalue weighted by atomic mass is 9.80. The lowest BCUT2D eigenvalue weighted by Crippen LogP contribution is -2.28. The average Bonchev–Trinajstić information content (AvgIpc) is 2.41. The van der Waals surface area contributed by atoms with Crippen molar-refractivity contribution in [2.24, 2.45) is 11.8 Å². The number of nitrogens with one attached hydrogen (secondary N) is 1. The van der Waals surface area contributed by atoms with Crippen molar-refractivity contribution < 1.29 is 4.79 Å². The Kier molecular flexibility index (Phi) is 4.65. The maximum absolute atomic E-state index is 12.2. The van der Waals surface area contributed by atoms with Crippen LogP contribution in [0.25, 0.3) is 0 Å². The van der Waals surface area contributed by atoms with Gasteiger partial charge in [0.15, 0.2) is 0 Å². The van der Waals surface area contributed by atoms with E-state index in [4.69, 9.17) is 11.6 Å². The molecule has 0 aliphatic heterocycles. The number of benzene rings is 1. The molecule has 0 radical (unpaired) electrons. The zero-order valence-corrected chi connectivity index (χ0v) is 11.5. The van der Waals surface area contributed by atoms with E-state index < -0.39 is 0 Å². The van der Waals surface area contributed by atoms with Gasteiger partial charge in [-0.3, -0.25) is 4.79 Å². The summed E-state index contributed by atoms with van der Waals surface area (Å²) in [5.74, 6) is 0.692. The minimum atomic E-state index is 0.0709. The number of hydrogen-bond acceptors (Lipinski definition) is 1. The lowest BCUT2D eigenvalue weighted by Gasteiger charge is -2.26. The van der Waals surface area contributed by atoms with Crippen molar-refractivity contribution in [3.8, 4) is 0 Å². The molecule has 0 saturated heterocycles. The van der Waals surface area contributed by atoms with Gasteiger partial charge in [-0.05, 0) is 30.9 Å². The van der Waals surface area contributed by atoms with E-state index in [-0.39, 0.29) is 11.8 Å². The van der Waals surface area contributed by atoms with Crippen LogP contribution in [0.2, 0.25) is 5.02 Å². The van der Waals surface area contributed by atoms with Crippen LogP contribution in [0.1, 0.15) is 39.0 Å². The first-order valence-corrected chi connectivity index (χ1v) is 7.11. The number of carbonyl (C=O) groups excluding carboxylic acids is 1. The predicted molar refractivity (Wildman–Crippen MR) is 75.8 cm³/mol. The Labute approximate surface area is 114 Å². The molecule has 1 fully saturated rings. The molecule has 0 heterocycles. The van der Waals surface area contributed by atoms with Crippen molar-refractivity contribution in [2.45, 2.75) is 39.0 Å². The van der Waals surface area contributed by atoms with Crippen LogP contribution in [0.15, 0.2) is 24.3 Å². The number of para-hydroxylation sites is 1. The van der Waals surface area contributed by atoms with Crippen LogP contribution in [-0.2, 0) is 4.79 Å². The van der Waals surface area contributed by atoms with Gasteiger partial charge in [0, 0.05) is 5.92 Å². The van der Waals surface area contributed by atoms with E-state index in [2.05, 4.69) is 5.32 Å². The van der Waals surface area contributed by atoms with E-state index in [1.165, 1.54) is 32.1 Å². The molecule has 1 unspecified atom stereocenters. The zero-order chi connectivity index (χ0) is 13.0. The van der Waals surface area contributed by atoms with Gasteiger partial charge in [0.1, 0.15) is 0 Å². The Morgan fingerprint density at radius 2 is 1.94 bits per heavy atom. The van der Waals surface area contributed by atoms with Crippen molar-refractivity contribution in [1.29, 1.82) is 0 Å². The topological polar surface area (TPSA) is 29.1 Å². The summed E-state index contributed by atoms with van der Waals surface area (Å²) < 4.78 is 0. The molecule has 0 aromatic heterocycles. The summed E-state index contributed by atoms with van der Waals surface area (Å²) in [6, 6.07) is 7.38. The highest BCUT2D eigenvalue weighted by Gasteiger charge is 2.25. The highest BCUT2D eigenvalue weighted by Crippen LogP contribution is 2.31. The number of carbonyl (C=O) groups is 1. The molecule has 0 spiro atoms. The SMILES string of the molecule is CC(C(=O)Nc1ccccc1Cl)C1CCCCC1. The first-order valence-electron chi connectivity index (χ1n) is 6.74. The molecule has 1 aromatic carbocycles. The lowest BCUT2D eigenvalue weighted by molar-refractivity contribution is -0.121. The second kappa shape index (κ2) is 6.24. The summed E-state index contributed by atoms with van der Waals surface area (Å²) in [4.78, 5) is 12.2. The second-order valence-corrected chi connectivity index (χ2v) is 5.56. The molecule has 1 aliphatic rings. The van der Waals surface area contributed by atoms with E-state index in [1.54, 1.807) is 6.07 Å². The van der Waals surface area contributed by atoms with Crippen LogP contribution in [0.5, 0.6) is 0 Å². The first kappa shape index (κ1) is 13.4. The number of amides is 1. The minimum absolute atomic E-state index is 0.0709. The third-order valence-corrected chi connectivity index (χ3v) is 4.23. The smallest absolute Gasteiger partial charge is 0.227 e. The van der Waals surface area contributed by atoms with E-state index in [9.17, 15) is 4.79 Å². The summed E-state index contributed by atoms with van der Waals surface area (Å²) in [6.45, 7) is 2.03. The van der Waals surface area contributed by atoms with Gasteiger partial charge >= 0.3 is 0 Å². The molecular weight excluding hydrogens is 246 g/mol. The molecule has 2 nitrogen and oxygen atoms in total. The van der Waals surface area contributed by atoms with Crippen molar-refractivity contribution in [3.05, 3.63) is 29.3 Å². The number of anilines is 1. The first-order chi connectivity index (χ1) is 8.68. The summed E-state index contributed by atoms with van der Waals surface area (Å²) >= 11 is 6.04. The predicted octanol–water partition coefficient (Wildman–Crippen LogP) is 4.49. The van der Waals surface area contributed by atoms with Gasteiger partial charge < -0.3 is 5.32 Å². The maximum atomic E-state index is 12.2. The monoisotopic (exact) mass is 265 g/mol. The van der Waals surface area contributed by atoms with E-state index in [1.807, 2.05) is 25.1 Å². The second-order valence-electron chi connectivity index (χ2n) is 5.16. The maximum Gasteiger partial charge on any atom is 0.227 e. The van der Waals surface area contributed by atoms with Crippen molar-refractivity contribution in [1.82, 2.24) is 0 Å². The molecule has 1 saturated carbocycles. The molecule has 2 rings (SSSR count). The molecule has 1 N–H and O–H groups in total. The van der Waals surface area contributed by atoms with Crippen molar-refractivity contribution in [3.63, 3.8) is 0 Å². The highest BCUT2D eigenvalue weighted by molar-refractivity contribution is 6.33. The van der Waals surface area contributed by atoms with Crippen molar-refractivity contribution >= 4 is 23.2 Å². The van der Waals surface area contributed by atoms with Crippen LogP contribution in [0, 0.1) is 11.8 Å². The minimum Gasteiger partial charge on any atom is -0.325 e. The normalized spacial score (nSPS) is 18.3. The summed E-state index contributed by atoms with van der Waals surface area (Å²) in [5.41, 5.74) is 0.715. The van der Waals surface area contributed by atoms with E-state index in [0.717, 1.165) is 0 Å². The molecule has 98 valence electrons. The summed E-state index contributed by atoms with van der Waals surface area (Å²) in [7, 11) is 0. The van der Waals surface area contributed by atoms with Gasteiger partial charge in [-0.15, -0.1) is 0 Å². The quantitative estimate of drug-likeness (QED) is 0.857. The van der Waals surface area contributed by atoms with Gasteiger partial charge in [0.25, 0.3) is 0 Å². The fourth-order valence-corrected chi connectivity index (χ4v) is 2.84. The van der Waals surface area contributed by atoms with Crippen LogP contribution in [-0.4, -0.2) is 5.91 Å². The summed E-state index contributed by atoms with van der Waals surface area (Å²) in [5, 5.41) is 3.54. The molecular formula is C15H20ClNO. The fourth-order valence-electron chi connectivity index (χ4n) is 2.66. The Morgan fingerprint density at radius 3 is 2.61 bits per heavy atom. The molecule has 1 amide bonds. The van der Waals surface area contributed by atoms with Crippen LogP contribution >= 0.6 is 11.6 Å². The molecule has 3 heteroatoms. The van der Waals surface area contributed by atoms with Crippen LogP contribution < -0.4 is 5.32 Å². The van der Waals surface area contributed by atoms with E-state index >= 15 is 0 Å². The van der Waals surface area contributed by atoms with Gasteiger partial charge in [0.05, 0.1) is 10.7 Å². The Balaban J connectivity index is 1.97. The van der Waals surface area contributed by atoms with Crippen LogP contribution in [0.4, 0.5) is 5.69 Å². The molecule has 1 atom stereocenters. The van der Waals surface area contributed by atoms with Crippen molar-refractivity contribution in [2.75, 3.05) is 5.32 Å². The summed E-state index contributed by atoms with van der Waals surface area (Å²) in [6.07, 6.45) is 6.19. The number of rotatable bonds is 3. The Bertz CT molecular complexity index is 413. The van der Waals surface area contributed by atoms with Gasteiger partial charge in [-0.1, -0.05) is 49.9 Å². The molecule has 18 heavy (non-hydrogen) atoms. The zero-order valence-electron chi connectivity index (χ0n) is 10.8. The number of hydrogen-bond donors (Lipinski definition) is 1. The standard InChI is InChI=1S/C15H20ClNO/c1-11(12-7-3-2-4-8-12)15(18)17-14-10-6-5-9-13(14)16/h5-6,9-12H,2-4,7-8H2,1H3,(H,17,18). The molecule has 1 aliphatic carbocycles.